The molecule has 6 nitrogen and oxygen atoms in total. The highest BCUT2D eigenvalue weighted by molar-refractivity contribution is 8.00. The van der Waals surface area contributed by atoms with Crippen molar-refractivity contribution in [2.75, 3.05) is 31.8 Å². The van der Waals surface area contributed by atoms with E-state index in [9.17, 15) is 14.4 Å². The van der Waals surface area contributed by atoms with Crippen molar-refractivity contribution in [3.63, 3.8) is 0 Å². The van der Waals surface area contributed by atoms with Gasteiger partial charge in [0, 0.05) is 6.54 Å². The average molecular weight is 246 g/mol. The number of methoxy groups -OCH3 is 1. The second-order valence-corrected chi connectivity index (χ2v) is 4.20. The van der Waals surface area contributed by atoms with E-state index in [4.69, 9.17) is 0 Å². The van der Waals surface area contributed by atoms with E-state index in [1.807, 2.05) is 0 Å². The summed E-state index contributed by atoms with van der Waals surface area (Å²) in [5.74, 6) is 0.361. The molecule has 1 heterocycles. The first-order valence-corrected chi connectivity index (χ1v) is 5.98. The SMILES string of the molecule is COC(=O)CCNC(=O)CN1CSCC1=O. The summed E-state index contributed by atoms with van der Waals surface area (Å²) in [5, 5.41) is 2.55. The van der Waals surface area contributed by atoms with Gasteiger partial charge in [-0.25, -0.2) is 0 Å². The Morgan fingerprint density at radius 1 is 1.56 bits per heavy atom. The monoisotopic (exact) mass is 246 g/mol. The van der Waals surface area contributed by atoms with E-state index in [0.29, 0.717) is 11.6 Å². The minimum Gasteiger partial charge on any atom is -0.469 e. The third-order valence-electron chi connectivity index (χ3n) is 2.04. The summed E-state index contributed by atoms with van der Waals surface area (Å²) in [6.07, 6.45) is 0.144. The summed E-state index contributed by atoms with van der Waals surface area (Å²) < 4.78 is 4.42. The molecule has 0 radical (unpaired) electrons. The van der Waals surface area contributed by atoms with Gasteiger partial charge in [-0.2, -0.15) is 0 Å². The Balaban J connectivity index is 2.16. The van der Waals surface area contributed by atoms with E-state index in [1.165, 1.54) is 23.8 Å². The number of amides is 2. The average Bonchev–Trinajstić information content (AvgIpc) is 2.64. The third kappa shape index (κ3) is 4.09. The molecule has 0 saturated carbocycles. The normalized spacial score (nSPS) is 15.1. The lowest BCUT2D eigenvalue weighted by atomic mass is 10.4. The predicted molar refractivity (Wildman–Crippen MR) is 58.7 cm³/mol. The molecule has 0 aromatic heterocycles. The molecule has 1 fully saturated rings. The fourth-order valence-corrected chi connectivity index (χ4v) is 2.08. The number of thioether (sulfide) groups is 1. The third-order valence-corrected chi connectivity index (χ3v) is 2.98. The van der Waals surface area contributed by atoms with Crippen LogP contribution >= 0.6 is 11.8 Å². The predicted octanol–water partition coefficient (Wildman–Crippen LogP) is -0.801. The van der Waals surface area contributed by atoms with E-state index in [1.54, 1.807) is 0 Å². The molecule has 90 valence electrons. The molecule has 1 N–H and O–H groups in total. The van der Waals surface area contributed by atoms with Gasteiger partial charge in [0.2, 0.25) is 11.8 Å². The van der Waals surface area contributed by atoms with Crippen LogP contribution in [0, 0.1) is 0 Å². The van der Waals surface area contributed by atoms with Gasteiger partial charge in [-0.3, -0.25) is 14.4 Å². The highest BCUT2D eigenvalue weighted by Gasteiger charge is 2.22. The first kappa shape index (κ1) is 12.8. The molecule has 1 rings (SSSR count). The number of esters is 1. The zero-order chi connectivity index (χ0) is 12.0. The van der Waals surface area contributed by atoms with Gasteiger partial charge >= 0.3 is 5.97 Å². The van der Waals surface area contributed by atoms with Gasteiger partial charge in [-0.1, -0.05) is 0 Å². The van der Waals surface area contributed by atoms with Crippen molar-refractivity contribution >= 4 is 29.5 Å². The fraction of sp³-hybridized carbons (Fsp3) is 0.667. The Hall–Kier alpha value is -1.24. The molecule has 16 heavy (non-hydrogen) atoms. The number of carbonyl (C=O) groups excluding carboxylic acids is 3. The van der Waals surface area contributed by atoms with E-state index in [0.717, 1.165) is 0 Å². The van der Waals surface area contributed by atoms with Crippen molar-refractivity contribution in [1.29, 1.82) is 0 Å². The van der Waals surface area contributed by atoms with Gasteiger partial charge in [-0.05, 0) is 0 Å². The van der Waals surface area contributed by atoms with Gasteiger partial charge in [0.15, 0.2) is 0 Å². The fourth-order valence-electron chi connectivity index (χ4n) is 1.18. The Labute approximate surface area is 97.7 Å². The number of ether oxygens (including phenoxy) is 1. The zero-order valence-corrected chi connectivity index (χ0v) is 9.84. The van der Waals surface area contributed by atoms with Crippen LogP contribution in [0.5, 0.6) is 0 Å². The minimum absolute atomic E-state index is 0.0203. The van der Waals surface area contributed by atoms with Crippen LogP contribution in [-0.4, -0.2) is 54.5 Å². The van der Waals surface area contributed by atoms with Crippen molar-refractivity contribution < 1.29 is 19.1 Å². The topological polar surface area (TPSA) is 75.7 Å². The van der Waals surface area contributed by atoms with Crippen LogP contribution in [0.3, 0.4) is 0 Å². The summed E-state index contributed by atoms with van der Waals surface area (Å²) in [4.78, 5) is 34.8. The zero-order valence-electron chi connectivity index (χ0n) is 9.02. The molecule has 0 aromatic rings. The molecule has 2 amide bonds. The number of rotatable bonds is 5. The van der Waals surface area contributed by atoms with Gasteiger partial charge < -0.3 is 15.0 Å². The van der Waals surface area contributed by atoms with Crippen molar-refractivity contribution in [2.45, 2.75) is 6.42 Å². The molecule has 1 aliphatic rings. The minimum atomic E-state index is -0.367. The largest absolute Gasteiger partial charge is 0.469 e. The van der Waals surface area contributed by atoms with Crippen molar-refractivity contribution in [2.24, 2.45) is 0 Å². The highest BCUT2D eigenvalue weighted by Crippen LogP contribution is 2.13. The van der Waals surface area contributed by atoms with Gasteiger partial charge in [0.25, 0.3) is 0 Å². The van der Waals surface area contributed by atoms with Crippen LogP contribution in [0.2, 0.25) is 0 Å². The van der Waals surface area contributed by atoms with Gasteiger partial charge in [0.05, 0.1) is 25.2 Å². The lowest BCUT2D eigenvalue weighted by Gasteiger charge is -2.13. The van der Waals surface area contributed by atoms with Crippen LogP contribution in [-0.2, 0) is 19.1 Å². The summed E-state index contributed by atoms with van der Waals surface area (Å²) in [6, 6.07) is 0. The molecule has 0 aliphatic carbocycles. The first-order chi connectivity index (χ1) is 7.63. The quantitative estimate of drug-likeness (QED) is 0.643. The molecule has 0 unspecified atom stereocenters. The molecule has 7 heteroatoms. The van der Waals surface area contributed by atoms with Crippen LogP contribution in [0.1, 0.15) is 6.42 Å². The maximum Gasteiger partial charge on any atom is 0.307 e. The Kier molecular flexibility index (Phi) is 5.10. The van der Waals surface area contributed by atoms with E-state index in [2.05, 4.69) is 10.1 Å². The Bertz CT molecular complexity index is 295. The van der Waals surface area contributed by atoms with Crippen molar-refractivity contribution in [3.05, 3.63) is 0 Å². The summed E-state index contributed by atoms with van der Waals surface area (Å²) in [5.41, 5.74) is 0. The molecule has 1 saturated heterocycles. The number of hydrogen-bond acceptors (Lipinski definition) is 5. The van der Waals surface area contributed by atoms with Gasteiger partial charge in [0.1, 0.15) is 6.54 Å². The second kappa shape index (κ2) is 6.37. The van der Waals surface area contributed by atoms with Crippen LogP contribution in [0.4, 0.5) is 0 Å². The molecule has 0 atom stereocenters. The van der Waals surface area contributed by atoms with Crippen molar-refractivity contribution in [3.8, 4) is 0 Å². The molecule has 1 aliphatic heterocycles. The molecular formula is C9H14N2O4S. The van der Waals surface area contributed by atoms with Crippen LogP contribution in [0.25, 0.3) is 0 Å². The van der Waals surface area contributed by atoms with E-state index < -0.39 is 0 Å². The molecule has 0 aromatic carbocycles. The molecular weight excluding hydrogens is 232 g/mol. The Morgan fingerprint density at radius 3 is 2.88 bits per heavy atom. The number of hydrogen-bond donors (Lipinski definition) is 1. The van der Waals surface area contributed by atoms with Crippen molar-refractivity contribution in [1.82, 2.24) is 10.2 Å². The highest BCUT2D eigenvalue weighted by atomic mass is 32.2. The summed E-state index contributed by atoms with van der Waals surface area (Å²) in [6.45, 7) is 0.299. The lowest BCUT2D eigenvalue weighted by molar-refractivity contribution is -0.140. The molecule has 0 spiro atoms. The summed E-state index contributed by atoms with van der Waals surface area (Å²) in [7, 11) is 1.30. The number of carbonyl (C=O) groups is 3. The smallest absolute Gasteiger partial charge is 0.307 e. The standard InChI is InChI=1S/C9H14N2O4S/c1-15-9(14)2-3-10-7(12)4-11-6-16-5-8(11)13/h2-6H2,1H3,(H,10,12). The Morgan fingerprint density at radius 2 is 2.31 bits per heavy atom. The van der Waals surface area contributed by atoms with Gasteiger partial charge in [-0.15, -0.1) is 11.8 Å². The summed E-state index contributed by atoms with van der Waals surface area (Å²) >= 11 is 1.49. The van der Waals surface area contributed by atoms with E-state index in [-0.39, 0.29) is 37.3 Å². The number of nitrogens with one attached hydrogen (secondary N) is 1. The lowest BCUT2D eigenvalue weighted by Crippen LogP contribution is -2.38. The number of nitrogens with zero attached hydrogens (tertiary/aromatic N) is 1. The first-order valence-electron chi connectivity index (χ1n) is 4.82. The maximum atomic E-state index is 11.3. The van der Waals surface area contributed by atoms with Crippen LogP contribution < -0.4 is 5.32 Å². The van der Waals surface area contributed by atoms with E-state index >= 15 is 0 Å². The molecule has 0 bridgehead atoms. The maximum absolute atomic E-state index is 11.3. The second-order valence-electron chi connectivity index (χ2n) is 3.25. The van der Waals surface area contributed by atoms with Crippen LogP contribution in [0.15, 0.2) is 0 Å².